The minimum absolute atomic E-state index is 0.276. The van der Waals surface area contributed by atoms with Crippen molar-refractivity contribution < 1.29 is 4.39 Å². The smallest absolute Gasteiger partial charge is 0.126 e. The van der Waals surface area contributed by atoms with E-state index in [9.17, 15) is 4.39 Å². The second-order valence-corrected chi connectivity index (χ2v) is 4.75. The van der Waals surface area contributed by atoms with Crippen LogP contribution in [0.3, 0.4) is 0 Å². The summed E-state index contributed by atoms with van der Waals surface area (Å²) in [6.07, 6.45) is 3.93. The Bertz CT molecular complexity index is 559. The van der Waals surface area contributed by atoms with E-state index in [2.05, 4.69) is 5.32 Å². The Morgan fingerprint density at radius 1 is 1.05 bits per heavy atom. The van der Waals surface area contributed by atoms with E-state index in [4.69, 9.17) is 23.2 Å². The molecule has 98 valence electrons. The average molecular weight is 296 g/mol. The fourth-order valence-electron chi connectivity index (χ4n) is 1.63. The fourth-order valence-corrected chi connectivity index (χ4v) is 2.23. The minimum atomic E-state index is -0.444. The number of halogens is 3. The highest BCUT2D eigenvalue weighted by Gasteiger charge is 2.06. The van der Waals surface area contributed by atoms with Gasteiger partial charge >= 0.3 is 0 Å². The maximum absolute atomic E-state index is 13.0. The first kappa shape index (κ1) is 13.9. The van der Waals surface area contributed by atoms with E-state index >= 15 is 0 Å². The minimum Gasteiger partial charge on any atom is -0.379 e. The van der Waals surface area contributed by atoms with Crippen LogP contribution < -0.4 is 5.32 Å². The Balaban J connectivity index is 1.98. The monoisotopic (exact) mass is 295 g/mol. The summed E-state index contributed by atoms with van der Waals surface area (Å²) in [7, 11) is 0. The molecule has 1 nitrogen and oxygen atoms in total. The maximum Gasteiger partial charge on any atom is 0.126 e. The molecule has 0 unspecified atom stereocenters. The molecule has 0 amide bonds. The van der Waals surface area contributed by atoms with Crippen molar-refractivity contribution in [3.8, 4) is 0 Å². The van der Waals surface area contributed by atoms with E-state index in [1.54, 1.807) is 0 Å². The van der Waals surface area contributed by atoms with E-state index in [0.717, 1.165) is 5.56 Å². The summed E-state index contributed by atoms with van der Waals surface area (Å²) in [5, 5.41) is 3.61. The highest BCUT2D eigenvalue weighted by molar-refractivity contribution is 6.39. The van der Waals surface area contributed by atoms with Gasteiger partial charge in [-0.05, 0) is 17.7 Å². The topological polar surface area (TPSA) is 12.0 Å². The number of hydrogen-bond donors (Lipinski definition) is 1. The molecule has 1 N–H and O–H groups in total. The Morgan fingerprint density at radius 2 is 1.68 bits per heavy atom. The zero-order valence-corrected chi connectivity index (χ0v) is 11.5. The summed E-state index contributed by atoms with van der Waals surface area (Å²) in [5.74, 6) is -0.444. The second-order valence-electron chi connectivity index (χ2n) is 3.94. The standard InChI is InChI=1S/C15H12Cl2FN/c16-13-9-12(18)10-14(17)15(13)19-8-4-7-11-5-2-1-3-6-11/h1-7,9-10,19H,8H2/b7-4+. The molecule has 0 aliphatic heterocycles. The predicted molar refractivity (Wildman–Crippen MR) is 80.4 cm³/mol. The summed E-state index contributed by atoms with van der Waals surface area (Å²) in [6.45, 7) is 0.556. The lowest BCUT2D eigenvalue weighted by Crippen LogP contribution is -2.00. The summed E-state index contributed by atoms with van der Waals surface area (Å²) in [4.78, 5) is 0. The van der Waals surface area contributed by atoms with Crippen LogP contribution in [0.2, 0.25) is 10.0 Å². The van der Waals surface area contributed by atoms with Crippen LogP contribution in [-0.2, 0) is 0 Å². The number of anilines is 1. The quantitative estimate of drug-likeness (QED) is 0.811. The van der Waals surface area contributed by atoms with Crippen LogP contribution in [0.4, 0.5) is 10.1 Å². The lowest BCUT2D eigenvalue weighted by Gasteiger charge is -2.08. The zero-order valence-electron chi connectivity index (χ0n) is 10.0. The van der Waals surface area contributed by atoms with Gasteiger partial charge in [-0.2, -0.15) is 0 Å². The van der Waals surface area contributed by atoms with Gasteiger partial charge in [0.25, 0.3) is 0 Å². The summed E-state index contributed by atoms with van der Waals surface area (Å²) < 4.78 is 13.0. The van der Waals surface area contributed by atoms with Crippen molar-refractivity contribution in [2.75, 3.05) is 11.9 Å². The van der Waals surface area contributed by atoms with Crippen LogP contribution in [0.15, 0.2) is 48.5 Å². The highest BCUT2D eigenvalue weighted by Crippen LogP contribution is 2.31. The largest absolute Gasteiger partial charge is 0.379 e. The number of benzene rings is 2. The van der Waals surface area contributed by atoms with Gasteiger partial charge in [0.1, 0.15) is 5.82 Å². The van der Waals surface area contributed by atoms with Crippen molar-refractivity contribution in [1.82, 2.24) is 0 Å². The van der Waals surface area contributed by atoms with E-state index in [1.165, 1.54) is 12.1 Å². The Morgan fingerprint density at radius 3 is 2.32 bits per heavy atom. The van der Waals surface area contributed by atoms with Gasteiger partial charge in [-0.1, -0.05) is 65.7 Å². The second kappa shape index (κ2) is 6.60. The normalized spacial score (nSPS) is 10.9. The zero-order chi connectivity index (χ0) is 13.7. The van der Waals surface area contributed by atoms with Gasteiger partial charge in [0, 0.05) is 6.54 Å². The molecule has 0 saturated heterocycles. The van der Waals surface area contributed by atoms with Crippen LogP contribution >= 0.6 is 23.2 Å². The van der Waals surface area contributed by atoms with Gasteiger partial charge < -0.3 is 5.32 Å². The molecule has 0 atom stereocenters. The van der Waals surface area contributed by atoms with Crippen LogP contribution in [0.1, 0.15) is 5.56 Å². The lowest BCUT2D eigenvalue weighted by molar-refractivity contribution is 0.628. The average Bonchev–Trinajstić information content (AvgIpc) is 2.38. The Labute approximate surface area is 121 Å². The predicted octanol–water partition coefficient (Wildman–Crippen LogP) is 5.26. The van der Waals surface area contributed by atoms with Gasteiger partial charge in [-0.3, -0.25) is 0 Å². The summed E-state index contributed by atoms with van der Waals surface area (Å²) in [5.41, 5.74) is 1.66. The van der Waals surface area contributed by atoms with Crippen LogP contribution in [0.25, 0.3) is 6.08 Å². The molecule has 0 aromatic heterocycles. The fraction of sp³-hybridized carbons (Fsp3) is 0.0667. The number of nitrogens with one attached hydrogen (secondary N) is 1. The third-order valence-electron chi connectivity index (χ3n) is 2.51. The van der Waals surface area contributed by atoms with Gasteiger partial charge in [0.2, 0.25) is 0 Å². The molecule has 0 heterocycles. The van der Waals surface area contributed by atoms with Crippen molar-refractivity contribution in [2.24, 2.45) is 0 Å². The molecule has 19 heavy (non-hydrogen) atoms. The molecule has 4 heteroatoms. The van der Waals surface area contributed by atoms with Crippen LogP contribution in [-0.4, -0.2) is 6.54 Å². The molecule has 2 aromatic rings. The first-order valence-corrected chi connectivity index (χ1v) is 6.52. The Kier molecular flexibility index (Phi) is 4.83. The van der Waals surface area contributed by atoms with Gasteiger partial charge in [0.15, 0.2) is 0 Å². The van der Waals surface area contributed by atoms with E-state index in [1.807, 2.05) is 42.5 Å². The van der Waals surface area contributed by atoms with Gasteiger partial charge in [-0.15, -0.1) is 0 Å². The molecule has 0 fully saturated rings. The summed E-state index contributed by atoms with van der Waals surface area (Å²) in [6, 6.07) is 12.4. The molecular weight excluding hydrogens is 284 g/mol. The molecule has 2 rings (SSSR count). The molecular formula is C15H12Cl2FN. The van der Waals surface area contributed by atoms with Crippen molar-refractivity contribution in [2.45, 2.75) is 0 Å². The molecule has 0 aliphatic carbocycles. The molecule has 2 aromatic carbocycles. The molecule has 0 saturated carbocycles. The first-order valence-electron chi connectivity index (χ1n) is 5.77. The maximum atomic E-state index is 13.0. The van der Waals surface area contributed by atoms with Gasteiger partial charge in [0.05, 0.1) is 15.7 Å². The van der Waals surface area contributed by atoms with Crippen molar-refractivity contribution in [3.05, 3.63) is 70.0 Å². The SMILES string of the molecule is Fc1cc(Cl)c(NC/C=C/c2ccccc2)c(Cl)c1. The van der Waals surface area contributed by atoms with Crippen LogP contribution in [0, 0.1) is 5.82 Å². The first-order chi connectivity index (χ1) is 9.16. The van der Waals surface area contributed by atoms with Gasteiger partial charge in [-0.25, -0.2) is 4.39 Å². The number of hydrogen-bond acceptors (Lipinski definition) is 1. The van der Waals surface area contributed by atoms with Crippen molar-refractivity contribution in [3.63, 3.8) is 0 Å². The molecule has 0 radical (unpaired) electrons. The molecule has 0 bridgehead atoms. The van der Waals surface area contributed by atoms with E-state index in [0.29, 0.717) is 12.2 Å². The Hall–Kier alpha value is -1.51. The lowest BCUT2D eigenvalue weighted by atomic mass is 10.2. The highest BCUT2D eigenvalue weighted by atomic mass is 35.5. The van der Waals surface area contributed by atoms with Crippen molar-refractivity contribution >= 4 is 35.0 Å². The third kappa shape index (κ3) is 3.98. The summed E-state index contributed by atoms with van der Waals surface area (Å²) >= 11 is 11.8. The third-order valence-corrected chi connectivity index (χ3v) is 3.11. The van der Waals surface area contributed by atoms with Crippen LogP contribution in [0.5, 0.6) is 0 Å². The molecule has 0 spiro atoms. The number of rotatable bonds is 4. The molecule has 0 aliphatic rings. The van der Waals surface area contributed by atoms with E-state index < -0.39 is 5.82 Å². The van der Waals surface area contributed by atoms with E-state index in [-0.39, 0.29) is 10.0 Å². The van der Waals surface area contributed by atoms with Crippen molar-refractivity contribution in [1.29, 1.82) is 0 Å².